The summed E-state index contributed by atoms with van der Waals surface area (Å²) in [4.78, 5) is 60.8. The Kier molecular flexibility index (Phi) is 11.5. The third-order valence-corrected chi connectivity index (χ3v) is 10.4. The maximum absolute atomic E-state index is 13.6. The number of ketones is 1. The number of unbranched alkanes of at least 4 members (excludes halogenated alkanes) is 1. The van der Waals surface area contributed by atoms with Crippen LogP contribution in [0.1, 0.15) is 80.6 Å². The van der Waals surface area contributed by atoms with E-state index in [0.717, 1.165) is 5.01 Å². The van der Waals surface area contributed by atoms with Crippen LogP contribution in [0.3, 0.4) is 0 Å². The van der Waals surface area contributed by atoms with Gasteiger partial charge < -0.3 is 19.5 Å². The fourth-order valence-electron chi connectivity index (χ4n) is 6.97. The maximum atomic E-state index is 13.6. The number of Topliss-reactive ketones (excluding diaryl/α,β-unsaturated/α-hetero) is 1. The normalized spacial score (nSPS) is 32.7. The molecule has 1 N–H and O–H groups in total. The number of aromatic nitrogens is 4. The lowest BCUT2D eigenvalue weighted by Crippen LogP contribution is -2.62. The summed E-state index contributed by atoms with van der Waals surface area (Å²) in [5, 5.41) is 22.3. The van der Waals surface area contributed by atoms with E-state index in [9.17, 15) is 24.3 Å². The van der Waals surface area contributed by atoms with Crippen LogP contribution in [0.2, 0.25) is 5.82 Å². The van der Waals surface area contributed by atoms with Crippen LogP contribution in [0, 0.1) is 11.8 Å². The standard InChI is InChI=1S/C32H47BN6O7S/c1-8-26-32(7)27(38(30(43)46-32)13-10-9-12-37-18-23(35-36-37)28-34-11-14-47-28)21(4)39(22(5)40)17-19(2)16-31(6,44)25(33)15-24(41)20(3)29(42)45-26/h11,14,18-21,25-27,44H,8-10,12-13,15-17H2,1-7H3/t19-,20-,21-,25-,26-,27-,31+,32-/m1/s1. The van der Waals surface area contributed by atoms with Gasteiger partial charge >= 0.3 is 12.1 Å². The smallest absolute Gasteiger partial charge is 0.410 e. The molecule has 2 fully saturated rings. The second-order valence-electron chi connectivity index (χ2n) is 13.5. The lowest BCUT2D eigenvalue weighted by Gasteiger charge is -2.44. The van der Waals surface area contributed by atoms with E-state index in [1.165, 1.54) is 25.2 Å². The number of thiazole rings is 1. The van der Waals surface area contributed by atoms with Gasteiger partial charge in [0.15, 0.2) is 5.60 Å². The minimum Gasteiger partial charge on any atom is -0.458 e. The predicted molar refractivity (Wildman–Crippen MR) is 175 cm³/mol. The van der Waals surface area contributed by atoms with Gasteiger partial charge in [0.2, 0.25) is 5.91 Å². The highest BCUT2D eigenvalue weighted by atomic mass is 32.1. The first kappa shape index (κ1) is 36.5. The summed E-state index contributed by atoms with van der Waals surface area (Å²) in [7, 11) is 6.30. The molecular formula is C32H47BN6O7S. The van der Waals surface area contributed by atoms with Crippen molar-refractivity contribution >= 4 is 42.9 Å². The third kappa shape index (κ3) is 8.05. The fraction of sp³-hybridized carbons (Fsp3) is 0.719. The number of ether oxygens (including phenoxy) is 2. The molecule has 0 bridgehead atoms. The van der Waals surface area contributed by atoms with Crippen LogP contribution in [0.5, 0.6) is 0 Å². The van der Waals surface area contributed by atoms with Crippen LogP contribution < -0.4 is 0 Å². The quantitative estimate of drug-likeness (QED) is 0.200. The van der Waals surface area contributed by atoms with Gasteiger partial charge in [-0.05, 0) is 65.1 Å². The van der Waals surface area contributed by atoms with E-state index in [1.807, 2.05) is 32.3 Å². The zero-order valence-corrected chi connectivity index (χ0v) is 29.2. The number of aliphatic hydroxyl groups is 1. The summed E-state index contributed by atoms with van der Waals surface area (Å²) < 4.78 is 13.8. The van der Waals surface area contributed by atoms with Gasteiger partial charge in [-0.1, -0.05) is 19.1 Å². The number of cyclic esters (lactones) is 1. The number of aryl methyl sites for hydroxylation is 1. The lowest BCUT2D eigenvalue weighted by molar-refractivity contribution is -0.171. The molecule has 4 rings (SSSR count). The molecule has 0 unspecified atom stereocenters. The van der Waals surface area contributed by atoms with Crippen molar-refractivity contribution in [2.24, 2.45) is 11.8 Å². The van der Waals surface area contributed by atoms with Crippen molar-refractivity contribution in [3.8, 4) is 10.7 Å². The first-order valence-electron chi connectivity index (χ1n) is 16.4. The Balaban J connectivity index is 1.62. The van der Waals surface area contributed by atoms with E-state index in [0.29, 0.717) is 38.0 Å². The van der Waals surface area contributed by atoms with E-state index in [-0.39, 0.29) is 31.2 Å². The Morgan fingerprint density at radius 1 is 1.17 bits per heavy atom. The van der Waals surface area contributed by atoms with Crippen molar-refractivity contribution in [2.75, 3.05) is 13.1 Å². The predicted octanol–water partition coefficient (Wildman–Crippen LogP) is 3.66. The van der Waals surface area contributed by atoms with Gasteiger partial charge in [-0.2, -0.15) is 0 Å². The molecule has 2 saturated heterocycles. The van der Waals surface area contributed by atoms with Crippen molar-refractivity contribution in [1.82, 2.24) is 29.8 Å². The molecule has 15 heteroatoms. The van der Waals surface area contributed by atoms with Crippen LogP contribution in [0.25, 0.3) is 10.7 Å². The molecule has 2 aromatic heterocycles. The fourth-order valence-corrected chi connectivity index (χ4v) is 7.56. The highest BCUT2D eigenvalue weighted by molar-refractivity contribution is 7.13. The third-order valence-electron chi connectivity index (χ3n) is 9.64. The van der Waals surface area contributed by atoms with Crippen LogP contribution >= 0.6 is 11.3 Å². The Labute approximate surface area is 281 Å². The first-order valence-corrected chi connectivity index (χ1v) is 17.2. The number of carbonyl (C=O) groups is 4. The van der Waals surface area contributed by atoms with Crippen molar-refractivity contribution in [2.45, 2.75) is 122 Å². The molecular weight excluding hydrogens is 623 g/mol. The average molecular weight is 671 g/mol. The SMILES string of the molecule is [B][C@@H]1CC(=O)[C@@H](C)C(=O)O[C@H](CC)[C@@]2(C)OC(=O)N(CCCCn3cc(-c4nccs4)nn3)[C@@H]2[C@@H](C)N(C(C)=O)C[C@H](C)C[C@]1(C)O. The first-order chi connectivity index (χ1) is 22.1. The zero-order chi connectivity index (χ0) is 34.7. The number of fused-ring (bicyclic) bond motifs is 1. The van der Waals surface area contributed by atoms with Crippen molar-refractivity contribution in [1.29, 1.82) is 0 Å². The van der Waals surface area contributed by atoms with Crippen LogP contribution in [-0.4, -0.2) is 109 Å². The van der Waals surface area contributed by atoms with Gasteiger partial charge in [-0.3, -0.25) is 24.0 Å². The molecule has 0 aromatic carbocycles. The molecule has 13 nitrogen and oxygen atoms in total. The molecule has 2 aliphatic rings. The monoisotopic (exact) mass is 670 g/mol. The molecule has 8 atom stereocenters. The number of hydrogen-bond acceptors (Lipinski definition) is 11. The van der Waals surface area contributed by atoms with Gasteiger partial charge in [0.1, 0.15) is 28.5 Å². The summed E-state index contributed by atoms with van der Waals surface area (Å²) in [5.74, 6) is -3.69. The molecule has 2 aromatic rings. The highest BCUT2D eigenvalue weighted by Gasteiger charge is 2.59. The Hall–Kier alpha value is -3.33. The summed E-state index contributed by atoms with van der Waals surface area (Å²) in [5.41, 5.74) is -2.08. The molecule has 0 aliphatic carbocycles. The van der Waals surface area contributed by atoms with Crippen LogP contribution in [0.4, 0.5) is 4.79 Å². The van der Waals surface area contributed by atoms with E-state index in [2.05, 4.69) is 15.3 Å². The zero-order valence-electron chi connectivity index (χ0n) is 28.4. The summed E-state index contributed by atoms with van der Waals surface area (Å²) >= 11 is 1.48. The van der Waals surface area contributed by atoms with Gasteiger partial charge in [0.25, 0.3) is 0 Å². The van der Waals surface area contributed by atoms with Gasteiger partial charge in [-0.15, -0.1) is 16.4 Å². The van der Waals surface area contributed by atoms with Crippen molar-refractivity contribution in [3.05, 3.63) is 17.8 Å². The summed E-state index contributed by atoms with van der Waals surface area (Å²) in [6, 6.07) is -1.25. The van der Waals surface area contributed by atoms with Crippen LogP contribution in [-0.2, 0) is 30.4 Å². The number of amides is 2. The minimum absolute atomic E-state index is 0.210. The molecule has 0 saturated carbocycles. The topological polar surface area (TPSA) is 157 Å². The largest absolute Gasteiger partial charge is 0.458 e. The van der Waals surface area contributed by atoms with E-state index in [1.54, 1.807) is 34.5 Å². The Morgan fingerprint density at radius 2 is 1.87 bits per heavy atom. The number of rotatable bonds is 7. The molecule has 47 heavy (non-hydrogen) atoms. The van der Waals surface area contributed by atoms with Crippen molar-refractivity contribution in [3.63, 3.8) is 0 Å². The highest BCUT2D eigenvalue weighted by Crippen LogP contribution is 2.40. The number of carbonyl (C=O) groups excluding carboxylic acids is 4. The van der Waals surface area contributed by atoms with Gasteiger partial charge in [-0.25, -0.2) is 9.78 Å². The number of nitrogens with zero attached hydrogens (tertiary/aromatic N) is 6. The molecule has 2 aliphatic heterocycles. The number of hydrogen-bond donors (Lipinski definition) is 1. The molecule has 2 radical (unpaired) electrons. The van der Waals surface area contributed by atoms with E-state index < -0.39 is 59.0 Å². The lowest BCUT2D eigenvalue weighted by atomic mass is 9.67. The van der Waals surface area contributed by atoms with Gasteiger partial charge in [0, 0.05) is 44.6 Å². The van der Waals surface area contributed by atoms with Crippen molar-refractivity contribution < 1.29 is 33.8 Å². The van der Waals surface area contributed by atoms with Gasteiger partial charge in [0.05, 0.1) is 31.7 Å². The molecule has 256 valence electrons. The molecule has 4 heterocycles. The molecule has 2 amide bonds. The van der Waals surface area contributed by atoms with E-state index >= 15 is 0 Å². The maximum Gasteiger partial charge on any atom is 0.410 e. The average Bonchev–Trinajstić information content (AvgIpc) is 3.75. The van der Waals surface area contributed by atoms with Crippen LogP contribution in [0.15, 0.2) is 17.8 Å². The Bertz CT molecular complexity index is 1420. The second-order valence-corrected chi connectivity index (χ2v) is 14.4. The Morgan fingerprint density at radius 3 is 2.51 bits per heavy atom. The summed E-state index contributed by atoms with van der Waals surface area (Å²) in [6.45, 7) is 13.0. The molecule has 0 spiro atoms. The van der Waals surface area contributed by atoms with E-state index in [4.69, 9.17) is 17.3 Å². The number of esters is 1. The summed E-state index contributed by atoms with van der Waals surface area (Å²) in [6.07, 6.45) is 3.64. The minimum atomic E-state index is -1.44. The second kappa shape index (κ2) is 14.8.